The highest BCUT2D eigenvalue weighted by Gasteiger charge is 2.46. The first-order valence-electron chi connectivity index (χ1n) is 4.98. The Bertz CT molecular complexity index is 584. The molecule has 3 heterocycles. The number of hydrogen-bond acceptors (Lipinski definition) is 3. The lowest BCUT2D eigenvalue weighted by molar-refractivity contribution is -0.568. The molecule has 0 spiro atoms. The molecule has 0 aromatic carbocycles. The first-order valence-corrected chi connectivity index (χ1v) is 4.98. The zero-order valence-electron chi connectivity index (χ0n) is 8.59. The minimum absolute atomic E-state index is 0.130. The van der Waals surface area contributed by atoms with Crippen LogP contribution in [0.4, 0.5) is 14.4 Å². The maximum absolute atomic E-state index is 13.7. The Hall–Kier alpha value is -2.18. The lowest BCUT2D eigenvalue weighted by Gasteiger charge is -2.26. The van der Waals surface area contributed by atoms with Gasteiger partial charge in [-0.25, -0.2) is 0 Å². The van der Waals surface area contributed by atoms with E-state index in [0.717, 1.165) is 4.48 Å². The standard InChI is InChI=1S/C10H7BF2N2O2/c12-11(13)15-5-2-1-3-9(15)14-10(17-11)8-4-6-16-7-8/h1-7H. The van der Waals surface area contributed by atoms with E-state index in [4.69, 9.17) is 4.42 Å². The molecule has 0 saturated carbocycles. The Morgan fingerprint density at radius 3 is 2.88 bits per heavy atom. The molecule has 4 nitrogen and oxygen atoms in total. The molecule has 0 atom stereocenters. The van der Waals surface area contributed by atoms with Crippen molar-refractivity contribution >= 4 is 18.8 Å². The van der Waals surface area contributed by atoms with Crippen molar-refractivity contribution in [2.75, 3.05) is 0 Å². The smallest absolute Gasteiger partial charge is 0.590 e. The van der Waals surface area contributed by atoms with Crippen LogP contribution in [-0.4, -0.2) is 12.9 Å². The third kappa shape index (κ3) is 1.59. The summed E-state index contributed by atoms with van der Waals surface area (Å²) in [5, 5.41) is 0. The molecule has 3 rings (SSSR count). The first-order chi connectivity index (χ1) is 8.17. The van der Waals surface area contributed by atoms with Crippen molar-refractivity contribution in [3.05, 3.63) is 48.6 Å². The summed E-state index contributed by atoms with van der Waals surface area (Å²) in [6.45, 7) is 0. The highest BCUT2D eigenvalue weighted by molar-refractivity contribution is 6.53. The molecule has 0 unspecified atom stereocenters. The molecule has 0 amide bonds. The Kier molecular flexibility index (Phi) is 2.01. The van der Waals surface area contributed by atoms with Crippen LogP contribution in [0.1, 0.15) is 5.56 Å². The third-order valence-electron chi connectivity index (χ3n) is 2.43. The summed E-state index contributed by atoms with van der Waals surface area (Å²) >= 11 is 0. The lowest BCUT2D eigenvalue weighted by atomic mass is 10.0. The van der Waals surface area contributed by atoms with Crippen LogP contribution in [0, 0.1) is 0 Å². The molecule has 0 radical (unpaired) electrons. The molecule has 1 aliphatic heterocycles. The van der Waals surface area contributed by atoms with Crippen LogP contribution < -0.4 is 4.48 Å². The number of hydrogen-bond donors (Lipinski definition) is 0. The Balaban J connectivity index is 2.15. The summed E-state index contributed by atoms with van der Waals surface area (Å²) in [6, 6.07) is 6.16. The largest absolute Gasteiger partial charge is 0.736 e. The van der Waals surface area contributed by atoms with E-state index in [1.54, 1.807) is 6.07 Å². The second-order valence-electron chi connectivity index (χ2n) is 3.57. The molecule has 0 saturated heterocycles. The summed E-state index contributed by atoms with van der Waals surface area (Å²) in [7, 11) is -4.14. The van der Waals surface area contributed by atoms with Gasteiger partial charge in [-0.1, -0.05) is 6.07 Å². The Morgan fingerprint density at radius 2 is 2.12 bits per heavy atom. The minimum atomic E-state index is -4.14. The van der Waals surface area contributed by atoms with Gasteiger partial charge in [-0.05, 0) is 17.1 Å². The molecule has 2 aromatic heterocycles. The van der Waals surface area contributed by atoms with Crippen molar-refractivity contribution in [2.45, 2.75) is 0 Å². The van der Waals surface area contributed by atoms with Gasteiger partial charge in [0.1, 0.15) is 6.26 Å². The highest BCUT2D eigenvalue weighted by atomic mass is 19.3. The topological polar surface area (TPSA) is 38.6 Å². The van der Waals surface area contributed by atoms with E-state index in [0.29, 0.717) is 5.56 Å². The quantitative estimate of drug-likeness (QED) is 0.709. The van der Waals surface area contributed by atoms with E-state index in [1.807, 2.05) is 0 Å². The second-order valence-corrected chi connectivity index (χ2v) is 3.57. The predicted octanol–water partition coefficient (Wildman–Crippen LogP) is 1.90. The summed E-state index contributed by atoms with van der Waals surface area (Å²) < 4.78 is 37.6. The lowest BCUT2D eigenvalue weighted by Crippen LogP contribution is -2.63. The third-order valence-corrected chi connectivity index (χ3v) is 2.43. The normalized spacial score (nSPS) is 16.9. The number of furan rings is 1. The van der Waals surface area contributed by atoms with Crippen LogP contribution in [0.5, 0.6) is 0 Å². The van der Waals surface area contributed by atoms with E-state index < -0.39 is 7.04 Å². The fourth-order valence-corrected chi connectivity index (χ4v) is 1.64. The van der Waals surface area contributed by atoms with Crippen molar-refractivity contribution in [2.24, 2.45) is 4.99 Å². The van der Waals surface area contributed by atoms with Crippen LogP contribution in [0.25, 0.3) is 0 Å². The van der Waals surface area contributed by atoms with E-state index in [1.165, 1.54) is 36.9 Å². The second kappa shape index (κ2) is 3.41. The van der Waals surface area contributed by atoms with Crippen LogP contribution in [0.3, 0.4) is 0 Å². The molecular weight excluding hydrogens is 229 g/mol. The first kappa shape index (κ1) is 10.0. The molecular formula is C10H7BF2N2O2. The van der Waals surface area contributed by atoms with Gasteiger partial charge in [0.25, 0.3) is 11.7 Å². The number of nitrogens with zero attached hydrogens (tertiary/aromatic N) is 2. The van der Waals surface area contributed by atoms with E-state index >= 15 is 0 Å². The van der Waals surface area contributed by atoms with E-state index in [9.17, 15) is 8.63 Å². The van der Waals surface area contributed by atoms with Gasteiger partial charge < -0.3 is 22.2 Å². The van der Waals surface area contributed by atoms with Crippen molar-refractivity contribution in [3.63, 3.8) is 0 Å². The fraction of sp³-hybridized carbons (Fsp3) is 0. The van der Waals surface area contributed by atoms with Crippen LogP contribution in [-0.2, 0) is 4.65 Å². The van der Waals surface area contributed by atoms with Gasteiger partial charge in [0.15, 0.2) is 0 Å². The van der Waals surface area contributed by atoms with E-state index in [2.05, 4.69) is 9.65 Å². The molecule has 0 N–H and O–H groups in total. The predicted molar refractivity (Wildman–Crippen MR) is 56.0 cm³/mol. The van der Waals surface area contributed by atoms with Gasteiger partial charge in [0.05, 0.1) is 18.0 Å². The molecule has 0 aliphatic carbocycles. The molecule has 0 bridgehead atoms. The molecule has 7 heteroatoms. The van der Waals surface area contributed by atoms with Gasteiger partial charge in [0, 0.05) is 6.07 Å². The van der Waals surface area contributed by atoms with Crippen LogP contribution >= 0.6 is 0 Å². The van der Waals surface area contributed by atoms with Crippen molar-refractivity contribution in [1.29, 1.82) is 0 Å². The summed E-state index contributed by atoms with van der Waals surface area (Å²) in [5.74, 6) is 0.0231. The summed E-state index contributed by atoms with van der Waals surface area (Å²) in [4.78, 5) is 4.02. The van der Waals surface area contributed by atoms with Crippen molar-refractivity contribution < 1.29 is 22.2 Å². The highest BCUT2D eigenvalue weighted by Crippen LogP contribution is 2.21. The van der Waals surface area contributed by atoms with Gasteiger partial charge in [-0.15, -0.1) is 0 Å². The van der Waals surface area contributed by atoms with E-state index in [-0.39, 0.29) is 11.7 Å². The average Bonchev–Trinajstić information content (AvgIpc) is 2.81. The Morgan fingerprint density at radius 1 is 1.24 bits per heavy atom. The van der Waals surface area contributed by atoms with Gasteiger partial charge in [-0.3, -0.25) is 0 Å². The molecule has 17 heavy (non-hydrogen) atoms. The maximum atomic E-state index is 13.7. The molecule has 1 aliphatic rings. The molecule has 2 aromatic rings. The molecule has 86 valence electrons. The van der Waals surface area contributed by atoms with Crippen molar-refractivity contribution in [1.82, 2.24) is 0 Å². The average molecular weight is 236 g/mol. The van der Waals surface area contributed by atoms with Gasteiger partial charge in [0.2, 0.25) is 0 Å². The van der Waals surface area contributed by atoms with Crippen LogP contribution in [0.2, 0.25) is 0 Å². The maximum Gasteiger partial charge on any atom is 0.736 e. The zero-order valence-corrected chi connectivity index (χ0v) is 8.59. The van der Waals surface area contributed by atoms with Gasteiger partial charge >= 0.3 is 7.04 Å². The number of aromatic nitrogens is 1. The Labute approximate surface area is 95.2 Å². The SMILES string of the molecule is F[B-]1(F)OC(c2ccoc2)=Nc2cccc[n+]21. The summed E-state index contributed by atoms with van der Waals surface area (Å²) in [5.41, 5.74) is 0.390. The molecule has 0 fully saturated rings. The number of pyridine rings is 1. The number of fused-ring (bicyclic) bond motifs is 1. The van der Waals surface area contributed by atoms with Gasteiger partial charge in [-0.2, -0.15) is 0 Å². The summed E-state index contributed by atoms with van der Waals surface area (Å²) in [6.07, 6.45) is 3.93. The number of rotatable bonds is 1. The minimum Gasteiger partial charge on any atom is -0.590 e. The van der Waals surface area contributed by atoms with Crippen molar-refractivity contribution in [3.8, 4) is 0 Å². The number of aliphatic imine (C=N–C) groups is 1. The monoisotopic (exact) mass is 236 g/mol. The zero-order chi connectivity index (χ0) is 11.9. The number of halogens is 2. The fourth-order valence-electron chi connectivity index (χ4n) is 1.64. The van der Waals surface area contributed by atoms with Crippen LogP contribution in [0.15, 0.2) is 52.4 Å².